The number of aryl methyl sites for hydroxylation is 1. The van der Waals surface area contributed by atoms with Crippen LogP contribution >= 0.6 is 12.2 Å². The highest BCUT2D eigenvalue weighted by Gasteiger charge is 2.33. The normalized spacial score (nSPS) is 14.9. The number of benzene rings is 2. The topological polar surface area (TPSA) is 47.3 Å². The molecule has 0 amide bonds. The van der Waals surface area contributed by atoms with Crippen molar-refractivity contribution in [3.63, 3.8) is 0 Å². The van der Waals surface area contributed by atoms with E-state index in [2.05, 4.69) is 53.4 Å². The quantitative estimate of drug-likeness (QED) is 0.618. The van der Waals surface area contributed by atoms with Gasteiger partial charge in [0.05, 0.1) is 13.2 Å². The number of quaternary nitrogens is 1. The maximum Gasteiger partial charge on any atom is 0.221 e. The van der Waals surface area contributed by atoms with Gasteiger partial charge in [0.2, 0.25) is 4.77 Å². The molecular weight excluding hydrogens is 356 g/mol. The minimum Gasteiger partial charge on any atom is -0.497 e. The zero-order chi connectivity index (χ0) is 18.8. The van der Waals surface area contributed by atoms with E-state index in [1.807, 2.05) is 16.8 Å². The number of hydrogen-bond donors (Lipinski definition) is 2. The van der Waals surface area contributed by atoms with Gasteiger partial charge in [-0.05, 0) is 43.4 Å². The minimum absolute atomic E-state index is 0.610. The Hall–Kier alpha value is -2.44. The molecule has 0 bridgehead atoms. The van der Waals surface area contributed by atoms with Crippen molar-refractivity contribution in [2.75, 3.05) is 7.11 Å². The van der Waals surface area contributed by atoms with Crippen LogP contribution in [0.2, 0.25) is 0 Å². The summed E-state index contributed by atoms with van der Waals surface area (Å²) in [6.07, 6.45) is 2.55. The first-order valence-corrected chi connectivity index (χ1v) is 9.74. The van der Waals surface area contributed by atoms with Gasteiger partial charge in [-0.2, -0.15) is 4.98 Å². The van der Waals surface area contributed by atoms with Crippen LogP contribution in [0.5, 0.6) is 5.75 Å². The summed E-state index contributed by atoms with van der Waals surface area (Å²) in [7, 11) is 1.70. The summed E-state index contributed by atoms with van der Waals surface area (Å²) in [5.74, 6) is 1.73. The Kier molecular flexibility index (Phi) is 5.09. The number of methoxy groups -OCH3 is 1. The summed E-state index contributed by atoms with van der Waals surface area (Å²) in [6, 6.07) is 17.4. The van der Waals surface area contributed by atoms with Crippen LogP contribution in [0.3, 0.4) is 0 Å². The molecule has 27 heavy (non-hydrogen) atoms. The van der Waals surface area contributed by atoms with Crippen molar-refractivity contribution in [2.24, 2.45) is 0 Å². The third kappa shape index (κ3) is 4.28. The molecular formula is C21H25N4OS+. The molecule has 140 valence electrons. The first kappa shape index (κ1) is 17.9. The Morgan fingerprint density at radius 2 is 1.85 bits per heavy atom. The number of rotatable bonds is 7. The average molecular weight is 382 g/mol. The van der Waals surface area contributed by atoms with E-state index in [0.29, 0.717) is 10.8 Å². The highest BCUT2D eigenvalue weighted by Crippen LogP contribution is 2.18. The molecule has 2 aromatic carbocycles. The van der Waals surface area contributed by atoms with Gasteiger partial charge in [-0.3, -0.25) is 5.10 Å². The van der Waals surface area contributed by atoms with Crippen molar-refractivity contribution < 1.29 is 9.64 Å². The fourth-order valence-corrected chi connectivity index (χ4v) is 3.54. The third-order valence-electron chi connectivity index (χ3n) is 5.11. The fourth-order valence-electron chi connectivity index (χ4n) is 3.33. The molecule has 0 spiro atoms. The van der Waals surface area contributed by atoms with Crippen molar-refractivity contribution in [1.82, 2.24) is 14.8 Å². The summed E-state index contributed by atoms with van der Waals surface area (Å²) < 4.78 is 7.87. The van der Waals surface area contributed by atoms with Crippen LogP contribution < -0.4 is 9.64 Å². The Morgan fingerprint density at radius 3 is 2.48 bits per heavy atom. The number of aromatic nitrogens is 3. The van der Waals surface area contributed by atoms with E-state index in [1.165, 1.54) is 28.9 Å². The van der Waals surface area contributed by atoms with Crippen LogP contribution in [-0.4, -0.2) is 27.9 Å². The number of ether oxygens (including phenoxy) is 1. The maximum atomic E-state index is 5.51. The van der Waals surface area contributed by atoms with E-state index >= 15 is 0 Å². The van der Waals surface area contributed by atoms with Gasteiger partial charge in [0.15, 0.2) is 12.5 Å². The Balaban J connectivity index is 1.51. The Bertz CT molecular complexity index is 955. The van der Waals surface area contributed by atoms with Crippen LogP contribution in [0.15, 0.2) is 48.5 Å². The van der Waals surface area contributed by atoms with Crippen LogP contribution in [-0.2, 0) is 13.2 Å². The molecule has 1 aliphatic carbocycles. The number of aromatic amines is 1. The average Bonchev–Trinajstić information content (AvgIpc) is 3.47. The lowest BCUT2D eigenvalue weighted by Gasteiger charge is -2.19. The number of H-pyrrole nitrogens is 1. The zero-order valence-corrected chi connectivity index (χ0v) is 16.6. The van der Waals surface area contributed by atoms with E-state index in [-0.39, 0.29) is 0 Å². The summed E-state index contributed by atoms with van der Waals surface area (Å²) in [4.78, 5) is 6.08. The summed E-state index contributed by atoms with van der Waals surface area (Å²) in [6.45, 7) is 3.85. The van der Waals surface area contributed by atoms with Crippen molar-refractivity contribution in [3.8, 4) is 17.1 Å². The molecule has 0 aliphatic heterocycles. The number of hydrogen-bond acceptors (Lipinski definition) is 3. The predicted octanol–water partition coefficient (Wildman–Crippen LogP) is 3.13. The van der Waals surface area contributed by atoms with Crippen molar-refractivity contribution in [3.05, 3.63) is 64.4 Å². The van der Waals surface area contributed by atoms with E-state index in [9.17, 15) is 0 Å². The minimum atomic E-state index is 0.610. The second-order valence-corrected chi connectivity index (χ2v) is 7.63. The molecule has 4 rings (SSSR count). The molecule has 1 unspecified atom stereocenters. The Morgan fingerprint density at radius 1 is 1.15 bits per heavy atom. The Labute approximate surface area is 164 Å². The maximum absolute atomic E-state index is 5.51. The second kappa shape index (κ2) is 7.66. The van der Waals surface area contributed by atoms with Crippen LogP contribution in [0.1, 0.15) is 24.0 Å². The van der Waals surface area contributed by atoms with Gasteiger partial charge >= 0.3 is 0 Å². The van der Waals surface area contributed by atoms with Crippen LogP contribution in [0.4, 0.5) is 0 Å². The van der Waals surface area contributed by atoms with Gasteiger partial charge in [-0.1, -0.05) is 29.8 Å². The molecule has 1 fully saturated rings. The molecule has 0 saturated heterocycles. The zero-order valence-electron chi connectivity index (χ0n) is 15.7. The highest BCUT2D eigenvalue weighted by atomic mass is 32.1. The molecule has 1 aliphatic rings. The molecule has 0 radical (unpaired) electrons. The lowest BCUT2D eigenvalue weighted by Crippen LogP contribution is -3.11. The van der Waals surface area contributed by atoms with Gasteiger partial charge < -0.3 is 9.64 Å². The second-order valence-electron chi connectivity index (χ2n) is 7.26. The van der Waals surface area contributed by atoms with Crippen LogP contribution in [0.25, 0.3) is 11.4 Å². The lowest BCUT2D eigenvalue weighted by molar-refractivity contribution is -0.947. The lowest BCUT2D eigenvalue weighted by atomic mass is 10.1. The SMILES string of the molecule is COc1ccc(C[NH+](Cn2[nH]c(-c3ccc(C)cc3)nc2=S)C2CC2)cc1. The van der Waals surface area contributed by atoms with E-state index in [1.54, 1.807) is 7.11 Å². The molecule has 1 saturated carbocycles. The molecule has 5 nitrogen and oxygen atoms in total. The van der Waals surface area contributed by atoms with E-state index in [0.717, 1.165) is 30.4 Å². The van der Waals surface area contributed by atoms with Gasteiger partial charge in [0, 0.05) is 24.0 Å². The van der Waals surface area contributed by atoms with Crippen LogP contribution in [0, 0.1) is 11.7 Å². The molecule has 1 heterocycles. The van der Waals surface area contributed by atoms with Crippen molar-refractivity contribution in [1.29, 1.82) is 0 Å². The first-order valence-electron chi connectivity index (χ1n) is 9.34. The summed E-state index contributed by atoms with van der Waals surface area (Å²) >= 11 is 5.51. The van der Waals surface area contributed by atoms with Gasteiger partial charge in [0.25, 0.3) is 0 Å². The third-order valence-corrected chi connectivity index (χ3v) is 5.42. The summed E-state index contributed by atoms with van der Waals surface area (Å²) in [5.41, 5.74) is 3.61. The molecule has 3 aromatic rings. The van der Waals surface area contributed by atoms with Gasteiger partial charge in [-0.15, -0.1) is 0 Å². The first-order chi connectivity index (χ1) is 13.1. The molecule has 2 N–H and O–H groups in total. The largest absolute Gasteiger partial charge is 0.497 e. The van der Waals surface area contributed by atoms with E-state index in [4.69, 9.17) is 17.0 Å². The monoisotopic (exact) mass is 381 g/mol. The highest BCUT2D eigenvalue weighted by molar-refractivity contribution is 7.71. The summed E-state index contributed by atoms with van der Waals surface area (Å²) in [5, 5.41) is 3.39. The predicted molar refractivity (Wildman–Crippen MR) is 108 cm³/mol. The molecule has 1 atom stereocenters. The smallest absolute Gasteiger partial charge is 0.221 e. The fraction of sp³-hybridized carbons (Fsp3) is 0.333. The molecule has 6 heteroatoms. The standard InChI is InChI=1S/C21H24N4OS/c1-15-3-7-17(8-4-15)20-22-21(27)25(23-20)14-24(18-9-10-18)13-16-5-11-19(26-2)12-6-16/h3-8,11-12,18H,9-10,13-14H2,1-2H3,(H,22,23,27)/p+1. The number of nitrogens with one attached hydrogen (secondary N) is 2. The van der Waals surface area contributed by atoms with Crippen molar-refractivity contribution >= 4 is 12.2 Å². The molecule has 1 aromatic heterocycles. The van der Waals surface area contributed by atoms with Crippen molar-refractivity contribution in [2.45, 2.75) is 39.0 Å². The number of nitrogens with zero attached hydrogens (tertiary/aromatic N) is 2. The van der Waals surface area contributed by atoms with Gasteiger partial charge in [-0.25, -0.2) is 4.68 Å². The van der Waals surface area contributed by atoms with Gasteiger partial charge in [0.1, 0.15) is 12.3 Å². The van der Waals surface area contributed by atoms with E-state index < -0.39 is 0 Å².